The first-order chi connectivity index (χ1) is 10.3. The Labute approximate surface area is 127 Å². The van der Waals surface area contributed by atoms with Crippen LogP contribution in [0, 0.1) is 5.92 Å². The zero-order valence-corrected chi connectivity index (χ0v) is 13.0. The van der Waals surface area contributed by atoms with Crippen LogP contribution in [0.5, 0.6) is 0 Å². The van der Waals surface area contributed by atoms with E-state index in [1.54, 1.807) is 0 Å². The van der Waals surface area contributed by atoms with Crippen LogP contribution in [0.2, 0.25) is 0 Å². The highest BCUT2D eigenvalue weighted by molar-refractivity contribution is 5.76. The molecule has 21 heavy (non-hydrogen) atoms. The van der Waals surface area contributed by atoms with Gasteiger partial charge in [-0.15, -0.1) is 0 Å². The molecule has 3 heterocycles. The number of amides is 1. The maximum Gasteiger partial charge on any atom is 0.223 e. The average molecular weight is 290 g/mol. The van der Waals surface area contributed by atoms with Crippen molar-refractivity contribution in [3.63, 3.8) is 0 Å². The van der Waals surface area contributed by atoms with Crippen molar-refractivity contribution in [1.29, 1.82) is 0 Å². The van der Waals surface area contributed by atoms with Gasteiger partial charge in [0.15, 0.2) is 0 Å². The lowest BCUT2D eigenvalue weighted by Crippen LogP contribution is -2.39. The zero-order valence-electron chi connectivity index (χ0n) is 13.0. The molecule has 0 N–H and O–H groups in total. The average Bonchev–Trinajstić information content (AvgIpc) is 3.16. The summed E-state index contributed by atoms with van der Waals surface area (Å²) in [5, 5.41) is 0. The minimum atomic E-state index is 0.270. The lowest BCUT2D eigenvalue weighted by atomic mass is 9.97. The fourth-order valence-electron chi connectivity index (χ4n) is 3.64. The largest absolute Gasteiger partial charge is 0.381 e. The van der Waals surface area contributed by atoms with E-state index in [0.717, 1.165) is 45.4 Å². The van der Waals surface area contributed by atoms with E-state index in [9.17, 15) is 4.79 Å². The molecule has 2 atom stereocenters. The Bertz CT molecular complexity index is 477. The zero-order chi connectivity index (χ0) is 14.7. The summed E-state index contributed by atoms with van der Waals surface area (Å²) in [5.74, 6) is 0.917. The Kier molecular flexibility index (Phi) is 4.63. The molecular weight excluding hydrogens is 264 g/mol. The lowest BCUT2D eigenvalue weighted by Gasteiger charge is -2.36. The van der Waals surface area contributed by atoms with Gasteiger partial charge in [-0.2, -0.15) is 0 Å². The van der Waals surface area contributed by atoms with E-state index >= 15 is 0 Å². The third-order valence-corrected chi connectivity index (χ3v) is 4.94. The molecular formula is C17H26N2O2. The van der Waals surface area contributed by atoms with E-state index in [2.05, 4.69) is 34.8 Å². The summed E-state index contributed by atoms with van der Waals surface area (Å²) < 4.78 is 7.56. The van der Waals surface area contributed by atoms with Crippen LogP contribution in [0.4, 0.5) is 0 Å². The Morgan fingerprint density at radius 1 is 1.38 bits per heavy atom. The fourth-order valence-corrected chi connectivity index (χ4v) is 3.64. The summed E-state index contributed by atoms with van der Waals surface area (Å²) in [6.07, 6.45) is 8.30. The molecule has 0 aliphatic carbocycles. The van der Waals surface area contributed by atoms with Gasteiger partial charge in [0.05, 0.1) is 6.04 Å². The molecule has 1 amide bonds. The second kappa shape index (κ2) is 6.65. The molecule has 0 aromatic carbocycles. The first-order valence-electron chi connectivity index (χ1n) is 8.24. The number of hydrogen-bond donors (Lipinski definition) is 0. The highest BCUT2D eigenvalue weighted by atomic mass is 16.5. The van der Waals surface area contributed by atoms with Crippen molar-refractivity contribution in [2.24, 2.45) is 13.0 Å². The van der Waals surface area contributed by atoms with Gasteiger partial charge < -0.3 is 14.2 Å². The summed E-state index contributed by atoms with van der Waals surface area (Å²) >= 11 is 0. The predicted octanol–water partition coefficient (Wildman–Crippen LogP) is 2.90. The van der Waals surface area contributed by atoms with Crippen LogP contribution >= 0.6 is 0 Å². The Morgan fingerprint density at radius 2 is 2.29 bits per heavy atom. The molecule has 2 fully saturated rings. The van der Waals surface area contributed by atoms with Crippen molar-refractivity contribution in [1.82, 2.24) is 9.47 Å². The predicted molar refractivity (Wildman–Crippen MR) is 81.9 cm³/mol. The highest BCUT2D eigenvalue weighted by Gasteiger charge is 2.29. The molecule has 0 bridgehead atoms. The second-order valence-corrected chi connectivity index (χ2v) is 6.41. The van der Waals surface area contributed by atoms with Gasteiger partial charge in [0, 0.05) is 45.1 Å². The van der Waals surface area contributed by atoms with Crippen LogP contribution in [-0.2, 0) is 16.6 Å². The van der Waals surface area contributed by atoms with Crippen LogP contribution < -0.4 is 0 Å². The topological polar surface area (TPSA) is 34.5 Å². The van der Waals surface area contributed by atoms with E-state index in [1.165, 1.54) is 12.1 Å². The molecule has 0 spiro atoms. The summed E-state index contributed by atoms with van der Waals surface area (Å²) in [4.78, 5) is 14.8. The van der Waals surface area contributed by atoms with Crippen LogP contribution in [0.1, 0.15) is 50.3 Å². The molecule has 1 aromatic heterocycles. The van der Waals surface area contributed by atoms with E-state index in [4.69, 9.17) is 4.74 Å². The summed E-state index contributed by atoms with van der Waals surface area (Å²) in [7, 11) is 2.07. The van der Waals surface area contributed by atoms with Crippen molar-refractivity contribution in [2.45, 2.75) is 44.6 Å². The Hall–Kier alpha value is -1.29. The van der Waals surface area contributed by atoms with Crippen molar-refractivity contribution < 1.29 is 9.53 Å². The van der Waals surface area contributed by atoms with E-state index < -0.39 is 0 Å². The number of carbonyl (C=O) groups excluding carboxylic acids is 1. The van der Waals surface area contributed by atoms with Gasteiger partial charge in [-0.1, -0.05) is 0 Å². The van der Waals surface area contributed by atoms with E-state index in [-0.39, 0.29) is 6.04 Å². The summed E-state index contributed by atoms with van der Waals surface area (Å²) in [5.41, 5.74) is 1.27. The van der Waals surface area contributed by atoms with Gasteiger partial charge in [0.1, 0.15) is 0 Å². The van der Waals surface area contributed by atoms with Crippen molar-refractivity contribution >= 4 is 5.91 Å². The number of piperidine rings is 1. The van der Waals surface area contributed by atoms with Gasteiger partial charge in [-0.25, -0.2) is 0 Å². The van der Waals surface area contributed by atoms with Crippen LogP contribution in [-0.4, -0.2) is 35.1 Å². The monoisotopic (exact) mass is 290 g/mol. The number of aryl methyl sites for hydroxylation is 1. The molecule has 1 aromatic rings. The van der Waals surface area contributed by atoms with Crippen molar-refractivity contribution in [3.8, 4) is 0 Å². The van der Waals surface area contributed by atoms with Crippen molar-refractivity contribution in [2.75, 3.05) is 19.8 Å². The van der Waals surface area contributed by atoms with Gasteiger partial charge >= 0.3 is 0 Å². The minimum Gasteiger partial charge on any atom is -0.381 e. The Morgan fingerprint density at radius 3 is 3.00 bits per heavy atom. The number of carbonyl (C=O) groups is 1. The Balaban J connectivity index is 1.63. The smallest absolute Gasteiger partial charge is 0.223 e. The number of aromatic nitrogens is 1. The number of rotatable bonds is 4. The molecule has 4 heteroatoms. The lowest BCUT2D eigenvalue weighted by molar-refractivity contribution is -0.135. The van der Waals surface area contributed by atoms with Gasteiger partial charge in [0.2, 0.25) is 5.91 Å². The van der Waals surface area contributed by atoms with E-state index in [1.807, 2.05) is 0 Å². The third-order valence-electron chi connectivity index (χ3n) is 4.94. The molecule has 116 valence electrons. The van der Waals surface area contributed by atoms with E-state index in [0.29, 0.717) is 18.2 Å². The van der Waals surface area contributed by atoms with Crippen LogP contribution in [0.25, 0.3) is 0 Å². The first kappa shape index (κ1) is 14.6. The number of ether oxygens (including phenoxy) is 1. The summed E-state index contributed by atoms with van der Waals surface area (Å²) in [6.45, 7) is 2.62. The highest BCUT2D eigenvalue weighted by Crippen LogP contribution is 2.32. The SMILES string of the molecule is Cn1cccc1C1CCCCN1C(=O)CCC1CCOC1. The second-order valence-electron chi connectivity index (χ2n) is 6.41. The van der Waals surface area contributed by atoms with Crippen molar-refractivity contribution in [3.05, 3.63) is 24.0 Å². The van der Waals surface area contributed by atoms with Gasteiger partial charge in [-0.3, -0.25) is 4.79 Å². The molecule has 0 radical (unpaired) electrons. The normalized spacial score (nSPS) is 26.2. The number of hydrogen-bond acceptors (Lipinski definition) is 2. The minimum absolute atomic E-state index is 0.270. The quantitative estimate of drug-likeness (QED) is 0.854. The van der Waals surface area contributed by atoms with Crippen LogP contribution in [0.15, 0.2) is 18.3 Å². The number of nitrogens with zero attached hydrogens (tertiary/aromatic N) is 2. The molecule has 2 unspecified atom stereocenters. The fraction of sp³-hybridized carbons (Fsp3) is 0.706. The van der Waals surface area contributed by atoms with Crippen LogP contribution in [0.3, 0.4) is 0 Å². The molecule has 3 rings (SSSR count). The number of likely N-dealkylation sites (tertiary alicyclic amines) is 1. The summed E-state index contributed by atoms with van der Waals surface area (Å²) in [6, 6.07) is 4.50. The molecule has 2 saturated heterocycles. The van der Waals surface area contributed by atoms with Gasteiger partial charge in [0.25, 0.3) is 0 Å². The molecule has 2 aliphatic rings. The first-order valence-corrected chi connectivity index (χ1v) is 8.24. The molecule has 2 aliphatic heterocycles. The maximum atomic E-state index is 12.6. The van der Waals surface area contributed by atoms with Gasteiger partial charge in [-0.05, 0) is 50.2 Å². The molecule has 0 saturated carbocycles. The maximum absolute atomic E-state index is 12.6. The third kappa shape index (κ3) is 3.31. The molecule has 4 nitrogen and oxygen atoms in total. The standard InChI is InChI=1S/C17H26N2O2/c1-18-10-4-6-15(18)16-5-2-3-11-19(16)17(20)8-7-14-9-12-21-13-14/h4,6,10,14,16H,2-3,5,7-9,11-13H2,1H3.